The molecule has 0 fully saturated rings. The fraction of sp³-hybridized carbons (Fsp3) is 0.292. The number of halogens is 3. The average molecular weight is 474 g/mol. The Kier molecular flexibility index (Phi) is 5.40. The number of benzene rings is 2. The molecule has 5 nitrogen and oxygen atoms in total. The van der Waals surface area contributed by atoms with Gasteiger partial charge in [-0.15, -0.1) is 0 Å². The molecule has 0 saturated heterocycles. The van der Waals surface area contributed by atoms with Crippen molar-refractivity contribution in [1.82, 2.24) is 15.3 Å². The summed E-state index contributed by atoms with van der Waals surface area (Å²) in [6.45, 7) is 1.86. The molecule has 1 aliphatic carbocycles. The monoisotopic (exact) mass is 473 g/mol. The number of hydrogen-bond donors (Lipinski definition) is 1. The maximum atomic E-state index is 15.5. The van der Waals surface area contributed by atoms with Crippen molar-refractivity contribution in [2.45, 2.75) is 38.2 Å². The molecule has 166 valence electrons. The van der Waals surface area contributed by atoms with Crippen molar-refractivity contribution in [3.8, 4) is 11.4 Å². The zero-order valence-corrected chi connectivity index (χ0v) is 19.2. The number of nitrogens with one attached hydrogen (secondary N) is 1. The maximum absolute atomic E-state index is 15.5. The molecule has 0 saturated carbocycles. The van der Waals surface area contributed by atoms with E-state index in [4.69, 9.17) is 32.8 Å². The van der Waals surface area contributed by atoms with Crippen LogP contribution >= 0.6 is 23.2 Å². The minimum atomic E-state index is -0.975. The van der Waals surface area contributed by atoms with Gasteiger partial charge in [0.2, 0.25) is 0 Å². The predicted molar refractivity (Wildman–Crippen MR) is 123 cm³/mol. The molecular formula is C24H22Cl2FN3O2. The number of aromatic nitrogens is 2. The molecular weight excluding hydrogens is 452 g/mol. The van der Waals surface area contributed by atoms with E-state index in [2.05, 4.69) is 10.6 Å². The highest BCUT2D eigenvalue weighted by Gasteiger charge is 2.37. The number of hydrogen-bond acceptors (Lipinski definition) is 4. The van der Waals surface area contributed by atoms with Crippen molar-refractivity contribution >= 4 is 28.9 Å². The normalized spacial score (nSPS) is 20.0. The van der Waals surface area contributed by atoms with E-state index >= 15 is 4.39 Å². The Bertz CT molecular complexity index is 1230. The molecule has 32 heavy (non-hydrogen) atoms. The number of nitrogens with zero attached hydrogens (tertiary/aromatic N) is 2. The van der Waals surface area contributed by atoms with Crippen LogP contribution in [0, 0.1) is 5.82 Å². The van der Waals surface area contributed by atoms with E-state index in [1.165, 1.54) is 11.8 Å². The molecule has 3 aromatic rings. The number of fused-ring (bicyclic) bond motifs is 1. The lowest BCUT2D eigenvalue weighted by molar-refractivity contribution is -0.0251. The van der Waals surface area contributed by atoms with Crippen LogP contribution in [0.2, 0.25) is 10.2 Å². The quantitative estimate of drug-likeness (QED) is 0.504. The Morgan fingerprint density at radius 3 is 2.66 bits per heavy atom. The molecule has 0 bridgehead atoms. The molecule has 8 heteroatoms. The molecule has 1 aliphatic heterocycles. The van der Waals surface area contributed by atoms with E-state index < -0.39 is 11.4 Å². The van der Waals surface area contributed by atoms with Crippen LogP contribution in [0.25, 0.3) is 11.4 Å². The summed E-state index contributed by atoms with van der Waals surface area (Å²) in [5.41, 5.74) is 6.35. The molecule has 1 aromatic heterocycles. The Labute approximate surface area is 195 Å². The molecule has 5 rings (SSSR count). The zero-order valence-electron chi connectivity index (χ0n) is 17.7. The third-order valence-electron chi connectivity index (χ3n) is 6.08. The summed E-state index contributed by atoms with van der Waals surface area (Å²) in [5.74, 6) is -0.695. The van der Waals surface area contributed by atoms with Crippen molar-refractivity contribution in [2.75, 3.05) is 7.11 Å². The van der Waals surface area contributed by atoms with Crippen LogP contribution in [0.4, 0.5) is 4.39 Å². The first-order chi connectivity index (χ1) is 15.4. The Hall–Kier alpha value is -2.54. The summed E-state index contributed by atoms with van der Waals surface area (Å²) in [6.07, 6.45) is 5.67. The number of aryl methyl sites for hydroxylation is 1. The van der Waals surface area contributed by atoms with Gasteiger partial charge in [-0.1, -0.05) is 53.5 Å². The zero-order chi connectivity index (χ0) is 22.5. The van der Waals surface area contributed by atoms with E-state index in [-0.39, 0.29) is 16.5 Å². The van der Waals surface area contributed by atoms with Crippen LogP contribution in [0.3, 0.4) is 0 Å². The van der Waals surface area contributed by atoms with Crippen LogP contribution < -0.4 is 10.2 Å². The average Bonchev–Trinajstić information content (AvgIpc) is 3.36. The highest BCUT2D eigenvalue weighted by molar-refractivity contribution is 6.33. The van der Waals surface area contributed by atoms with Gasteiger partial charge in [0, 0.05) is 11.1 Å². The van der Waals surface area contributed by atoms with Crippen molar-refractivity contribution in [3.05, 3.63) is 80.9 Å². The fourth-order valence-electron chi connectivity index (χ4n) is 4.36. The number of rotatable bonds is 4. The first-order valence-corrected chi connectivity index (χ1v) is 11.2. The van der Waals surface area contributed by atoms with Gasteiger partial charge in [0.1, 0.15) is 16.4 Å². The van der Waals surface area contributed by atoms with Crippen molar-refractivity contribution in [3.63, 3.8) is 0 Å². The summed E-state index contributed by atoms with van der Waals surface area (Å²) in [6, 6.07) is 11.4. The van der Waals surface area contributed by atoms with Crippen molar-refractivity contribution in [1.29, 1.82) is 0 Å². The molecule has 2 aliphatic rings. The fourth-order valence-corrected chi connectivity index (χ4v) is 5.09. The molecule has 0 radical (unpaired) electrons. The van der Waals surface area contributed by atoms with Gasteiger partial charge in [0.25, 0.3) is 0 Å². The Balaban J connectivity index is 1.66. The smallest absolute Gasteiger partial charge is 0.192 e. The largest absolute Gasteiger partial charge is 0.492 e. The second kappa shape index (κ2) is 8.10. The molecule has 1 unspecified atom stereocenters. The molecule has 0 amide bonds. The van der Waals surface area contributed by atoms with Crippen LogP contribution in [0.5, 0.6) is 5.75 Å². The predicted octanol–water partition coefficient (Wildman–Crippen LogP) is 6.00. The van der Waals surface area contributed by atoms with E-state index in [0.717, 1.165) is 48.2 Å². The number of hydroxylamine groups is 1. The first kappa shape index (κ1) is 21.3. The number of ether oxygens (including phenoxy) is 1. The maximum Gasteiger partial charge on any atom is 0.192 e. The SMILES string of the molecule is COc1c(F)c(-n2nc3c(c2Cl)CCCC3)cc(C2(C)C=C(c3ccccc3)NO2)c1Cl. The van der Waals surface area contributed by atoms with Gasteiger partial charge in [0.15, 0.2) is 11.6 Å². The van der Waals surface area contributed by atoms with Crippen molar-refractivity contribution in [2.24, 2.45) is 0 Å². The van der Waals surface area contributed by atoms with Crippen LogP contribution in [-0.4, -0.2) is 16.9 Å². The molecule has 1 atom stereocenters. The van der Waals surface area contributed by atoms with E-state index in [0.29, 0.717) is 10.7 Å². The summed E-state index contributed by atoms with van der Waals surface area (Å²) < 4.78 is 22.3. The number of methoxy groups -OCH3 is 1. The van der Waals surface area contributed by atoms with Gasteiger partial charge in [-0.25, -0.2) is 9.07 Å². The third-order valence-corrected chi connectivity index (χ3v) is 6.84. The van der Waals surface area contributed by atoms with E-state index in [1.54, 1.807) is 6.07 Å². The van der Waals surface area contributed by atoms with Gasteiger partial charge >= 0.3 is 0 Å². The summed E-state index contributed by atoms with van der Waals surface area (Å²) in [7, 11) is 1.38. The summed E-state index contributed by atoms with van der Waals surface area (Å²) >= 11 is 13.3. The standard InChI is InChI=1S/C24H22Cl2FN3O2/c1-24(13-18(29-32-24)14-8-4-3-5-9-14)16-12-19(21(27)22(31-2)20(16)25)30-23(26)15-10-6-7-11-17(15)28-30/h3-5,8-9,12-13,29H,6-7,10-11H2,1-2H3. The summed E-state index contributed by atoms with van der Waals surface area (Å²) in [4.78, 5) is 5.95. The van der Waals surface area contributed by atoms with E-state index in [9.17, 15) is 0 Å². The molecule has 0 spiro atoms. The summed E-state index contributed by atoms with van der Waals surface area (Å²) in [5, 5.41) is 5.17. The van der Waals surface area contributed by atoms with Gasteiger partial charge in [-0.2, -0.15) is 5.10 Å². The van der Waals surface area contributed by atoms with Gasteiger partial charge in [0.05, 0.1) is 23.5 Å². The van der Waals surface area contributed by atoms with Gasteiger partial charge < -0.3 is 4.74 Å². The van der Waals surface area contributed by atoms with Crippen LogP contribution in [0.15, 0.2) is 42.5 Å². The Morgan fingerprint density at radius 1 is 1.19 bits per heavy atom. The molecule has 2 aromatic carbocycles. The lowest BCUT2D eigenvalue weighted by Crippen LogP contribution is -2.24. The van der Waals surface area contributed by atoms with Crippen LogP contribution in [0.1, 0.15) is 42.1 Å². The molecule has 1 N–H and O–H groups in total. The Morgan fingerprint density at radius 2 is 1.94 bits per heavy atom. The van der Waals surface area contributed by atoms with Gasteiger partial charge in [-0.3, -0.25) is 10.3 Å². The van der Waals surface area contributed by atoms with Crippen molar-refractivity contribution < 1.29 is 14.0 Å². The third kappa shape index (κ3) is 3.38. The second-order valence-electron chi connectivity index (χ2n) is 8.17. The van der Waals surface area contributed by atoms with Crippen LogP contribution in [-0.2, 0) is 23.3 Å². The highest BCUT2D eigenvalue weighted by Crippen LogP contribution is 2.45. The lowest BCUT2D eigenvalue weighted by Gasteiger charge is -2.24. The second-order valence-corrected chi connectivity index (χ2v) is 8.91. The highest BCUT2D eigenvalue weighted by atomic mass is 35.5. The minimum absolute atomic E-state index is 0.0740. The van der Waals surface area contributed by atoms with Gasteiger partial charge in [-0.05, 0) is 50.3 Å². The van der Waals surface area contributed by atoms with E-state index in [1.807, 2.05) is 43.3 Å². The topological polar surface area (TPSA) is 48.3 Å². The first-order valence-electron chi connectivity index (χ1n) is 10.5. The minimum Gasteiger partial charge on any atom is -0.492 e. The lowest BCUT2D eigenvalue weighted by atomic mass is 9.93. The molecule has 2 heterocycles.